The summed E-state index contributed by atoms with van der Waals surface area (Å²) < 4.78 is 5.30. The van der Waals surface area contributed by atoms with E-state index < -0.39 is 30.4 Å². The van der Waals surface area contributed by atoms with Crippen molar-refractivity contribution in [2.75, 3.05) is 19.8 Å². The Bertz CT molecular complexity index is 322. The van der Waals surface area contributed by atoms with Crippen LogP contribution in [0.4, 0.5) is 4.79 Å². The van der Waals surface area contributed by atoms with Crippen molar-refractivity contribution in [3.8, 4) is 0 Å². The van der Waals surface area contributed by atoms with Crippen LogP contribution in [0.3, 0.4) is 0 Å². The van der Waals surface area contributed by atoms with Gasteiger partial charge in [-0.1, -0.05) is 13.3 Å². The summed E-state index contributed by atoms with van der Waals surface area (Å²) in [7, 11) is 0. The molecule has 5 N–H and O–H groups in total. The molecule has 0 saturated carbocycles. The first kappa shape index (κ1) is 18.2. The van der Waals surface area contributed by atoms with Crippen molar-refractivity contribution in [1.29, 1.82) is 0 Å². The smallest absolute Gasteiger partial charge is 0.326 e. The van der Waals surface area contributed by atoms with Crippen LogP contribution in [-0.4, -0.2) is 48.8 Å². The van der Waals surface area contributed by atoms with Crippen molar-refractivity contribution < 1.29 is 24.2 Å². The second-order valence-electron chi connectivity index (χ2n) is 4.28. The highest BCUT2D eigenvalue weighted by molar-refractivity contribution is 5.87. The fraction of sp³-hybridized carbons (Fsp3) is 0.750. The number of carboxylic acids is 1. The van der Waals surface area contributed by atoms with E-state index in [0.29, 0.717) is 26.2 Å². The van der Waals surface area contributed by atoms with Gasteiger partial charge in [0.1, 0.15) is 6.04 Å². The lowest BCUT2D eigenvalue weighted by molar-refractivity contribution is -0.140. The van der Waals surface area contributed by atoms with E-state index in [4.69, 9.17) is 15.6 Å². The molecule has 0 aliphatic heterocycles. The molecule has 0 aliphatic carbocycles. The molecule has 3 amide bonds. The van der Waals surface area contributed by atoms with E-state index in [2.05, 4.69) is 17.6 Å². The molecule has 0 aromatic carbocycles. The zero-order valence-corrected chi connectivity index (χ0v) is 11.7. The highest BCUT2D eigenvalue weighted by Gasteiger charge is 2.21. The zero-order chi connectivity index (χ0) is 15.4. The minimum atomic E-state index is -1.31. The van der Waals surface area contributed by atoms with Gasteiger partial charge in [0, 0.05) is 19.8 Å². The molecular formula is C12H23N3O5. The molecule has 0 rings (SSSR count). The SMILES string of the molecule is CCCCOCCCNC(=O)N[C@@H](CC(N)=O)C(=O)O. The minimum Gasteiger partial charge on any atom is -0.480 e. The van der Waals surface area contributed by atoms with Gasteiger partial charge in [0.15, 0.2) is 0 Å². The number of carbonyl (C=O) groups excluding carboxylic acids is 2. The number of aliphatic carboxylic acids is 1. The molecule has 8 heteroatoms. The Morgan fingerprint density at radius 3 is 2.45 bits per heavy atom. The van der Waals surface area contributed by atoms with Gasteiger partial charge < -0.3 is 26.2 Å². The lowest BCUT2D eigenvalue weighted by Crippen LogP contribution is -2.47. The third-order valence-electron chi connectivity index (χ3n) is 2.40. The Kier molecular flexibility index (Phi) is 10.0. The van der Waals surface area contributed by atoms with Gasteiger partial charge in [-0.05, 0) is 12.8 Å². The lowest BCUT2D eigenvalue weighted by Gasteiger charge is -2.13. The van der Waals surface area contributed by atoms with Crippen LogP contribution < -0.4 is 16.4 Å². The summed E-state index contributed by atoms with van der Waals surface area (Å²) >= 11 is 0. The highest BCUT2D eigenvalue weighted by atomic mass is 16.5. The van der Waals surface area contributed by atoms with Crippen molar-refractivity contribution >= 4 is 17.9 Å². The molecule has 0 aromatic rings. The van der Waals surface area contributed by atoms with Crippen molar-refractivity contribution in [2.45, 2.75) is 38.6 Å². The van der Waals surface area contributed by atoms with E-state index in [9.17, 15) is 14.4 Å². The number of nitrogens with two attached hydrogens (primary N) is 1. The molecule has 0 unspecified atom stereocenters. The van der Waals surface area contributed by atoms with Gasteiger partial charge >= 0.3 is 12.0 Å². The van der Waals surface area contributed by atoms with Crippen molar-refractivity contribution in [1.82, 2.24) is 10.6 Å². The topological polar surface area (TPSA) is 131 Å². The van der Waals surface area contributed by atoms with E-state index in [-0.39, 0.29) is 0 Å². The first-order chi connectivity index (χ1) is 9.47. The lowest BCUT2D eigenvalue weighted by atomic mass is 10.2. The Labute approximate surface area is 118 Å². The number of primary amides is 1. The van der Waals surface area contributed by atoms with Crippen LogP contribution in [0.2, 0.25) is 0 Å². The Balaban J connectivity index is 3.75. The third-order valence-corrected chi connectivity index (χ3v) is 2.40. The summed E-state index contributed by atoms with van der Waals surface area (Å²) in [5.41, 5.74) is 4.90. The molecule has 20 heavy (non-hydrogen) atoms. The molecule has 0 aromatic heterocycles. The number of rotatable bonds is 11. The number of hydrogen-bond acceptors (Lipinski definition) is 4. The summed E-state index contributed by atoms with van der Waals surface area (Å²) in [6, 6.07) is -1.96. The summed E-state index contributed by atoms with van der Waals surface area (Å²) in [5.74, 6) is -2.09. The highest BCUT2D eigenvalue weighted by Crippen LogP contribution is 1.92. The molecule has 0 radical (unpaired) electrons. The summed E-state index contributed by atoms with van der Waals surface area (Å²) in [6.07, 6.45) is 2.26. The minimum absolute atomic E-state index is 0.362. The first-order valence-corrected chi connectivity index (χ1v) is 6.60. The molecule has 0 bridgehead atoms. The molecule has 0 aliphatic rings. The van der Waals surface area contributed by atoms with Crippen molar-refractivity contribution in [3.63, 3.8) is 0 Å². The Hall–Kier alpha value is -1.83. The predicted octanol–water partition coefficient (Wildman–Crippen LogP) is -0.179. The number of carbonyl (C=O) groups is 3. The molecule has 8 nitrogen and oxygen atoms in total. The normalized spacial score (nSPS) is 11.7. The number of urea groups is 1. The number of carboxylic acid groups (broad SMARTS) is 1. The van der Waals surface area contributed by atoms with Gasteiger partial charge in [-0.15, -0.1) is 0 Å². The van der Waals surface area contributed by atoms with Gasteiger partial charge in [0.25, 0.3) is 0 Å². The van der Waals surface area contributed by atoms with Crippen LogP contribution >= 0.6 is 0 Å². The van der Waals surface area contributed by atoms with E-state index >= 15 is 0 Å². The largest absolute Gasteiger partial charge is 0.480 e. The standard InChI is InChI=1S/C12H23N3O5/c1-2-3-6-20-7-4-5-14-12(19)15-9(11(17)18)8-10(13)16/h9H,2-8H2,1H3,(H2,13,16)(H,17,18)(H2,14,15,19)/t9-/m0/s1. The Morgan fingerprint density at radius 1 is 1.25 bits per heavy atom. The van der Waals surface area contributed by atoms with E-state index in [1.165, 1.54) is 0 Å². The van der Waals surface area contributed by atoms with Gasteiger partial charge in [-0.25, -0.2) is 9.59 Å². The summed E-state index contributed by atoms with van der Waals surface area (Å²) in [6.45, 7) is 3.66. The van der Waals surface area contributed by atoms with E-state index in [0.717, 1.165) is 12.8 Å². The third kappa shape index (κ3) is 10.1. The van der Waals surface area contributed by atoms with Crippen molar-refractivity contribution in [2.24, 2.45) is 5.73 Å². The van der Waals surface area contributed by atoms with Crippen LogP contribution in [-0.2, 0) is 14.3 Å². The molecule has 0 saturated heterocycles. The monoisotopic (exact) mass is 289 g/mol. The van der Waals surface area contributed by atoms with Gasteiger partial charge in [-0.2, -0.15) is 0 Å². The van der Waals surface area contributed by atoms with Crippen LogP contribution in [0.15, 0.2) is 0 Å². The Morgan fingerprint density at radius 2 is 1.90 bits per heavy atom. The molecule has 1 atom stereocenters. The van der Waals surface area contributed by atoms with Crippen LogP contribution in [0.1, 0.15) is 32.6 Å². The summed E-state index contributed by atoms with van der Waals surface area (Å²) in [5, 5.41) is 13.4. The van der Waals surface area contributed by atoms with E-state index in [1.54, 1.807) is 0 Å². The molecule has 116 valence electrons. The quantitative estimate of drug-likeness (QED) is 0.392. The average molecular weight is 289 g/mol. The second kappa shape index (κ2) is 11.0. The summed E-state index contributed by atoms with van der Waals surface area (Å²) in [4.78, 5) is 32.8. The van der Waals surface area contributed by atoms with Gasteiger partial charge in [0.05, 0.1) is 6.42 Å². The van der Waals surface area contributed by atoms with E-state index in [1.807, 2.05) is 0 Å². The number of unbranched alkanes of at least 4 members (excludes halogenated alkanes) is 1. The van der Waals surface area contributed by atoms with Gasteiger partial charge in [-0.3, -0.25) is 4.79 Å². The van der Waals surface area contributed by atoms with Crippen LogP contribution in [0.5, 0.6) is 0 Å². The maximum Gasteiger partial charge on any atom is 0.326 e. The predicted molar refractivity (Wildman–Crippen MR) is 72.1 cm³/mol. The molecule has 0 heterocycles. The second-order valence-corrected chi connectivity index (χ2v) is 4.28. The molecule has 0 spiro atoms. The fourth-order valence-corrected chi connectivity index (χ4v) is 1.34. The molecule has 0 fully saturated rings. The van der Waals surface area contributed by atoms with Gasteiger partial charge in [0.2, 0.25) is 5.91 Å². The maximum absolute atomic E-state index is 11.4. The number of hydrogen-bond donors (Lipinski definition) is 4. The first-order valence-electron chi connectivity index (χ1n) is 6.60. The number of nitrogens with one attached hydrogen (secondary N) is 2. The van der Waals surface area contributed by atoms with Crippen LogP contribution in [0, 0.1) is 0 Å². The number of amides is 3. The van der Waals surface area contributed by atoms with Crippen LogP contribution in [0.25, 0.3) is 0 Å². The molecular weight excluding hydrogens is 266 g/mol. The zero-order valence-electron chi connectivity index (χ0n) is 11.7. The number of ether oxygens (including phenoxy) is 1. The average Bonchev–Trinajstić information content (AvgIpc) is 2.36. The fourth-order valence-electron chi connectivity index (χ4n) is 1.34. The maximum atomic E-state index is 11.4. The van der Waals surface area contributed by atoms with Crippen molar-refractivity contribution in [3.05, 3.63) is 0 Å².